The first kappa shape index (κ1) is 26.7. The van der Waals surface area contributed by atoms with E-state index < -0.39 is 0 Å². The molecule has 6 heteroatoms. The maximum absolute atomic E-state index is 13.9. The lowest BCUT2D eigenvalue weighted by molar-refractivity contribution is -0.159. The fraction of sp³-hybridized carbons (Fsp3) is 0.562. The predicted octanol–water partition coefficient (Wildman–Crippen LogP) is 5.25. The average Bonchev–Trinajstić information content (AvgIpc) is 3.71. The van der Waals surface area contributed by atoms with E-state index in [0.717, 1.165) is 44.0 Å². The third-order valence-electron chi connectivity index (χ3n) is 8.83. The normalized spacial score (nSPS) is 27.5. The number of phenols is 1. The van der Waals surface area contributed by atoms with Crippen LogP contribution in [0.4, 0.5) is 0 Å². The highest BCUT2D eigenvalue weighted by atomic mass is 16.5. The molecule has 3 fully saturated rings. The average molecular weight is 519 g/mol. The van der Waals surface area contributed by atoms with Crippen LogP contribution in [0.15, 0.2) is 54.6 Å². The van der Waals surface area contributed by atoms with Crippen molar-refractivity contribution in [3.05, 3.63) is 65.7 Å². The summed E-state index contributed by atoms with van der Waals surface area (Å²) >= 11 is 0. The zero-order valence-corrected chi connectivity index (χ0v) is 23.0. The number of amides is 1. The number of nitrogens with zero attached hydrogens (tertiary/aromatic N) is 2. The Balaban J connectivity index is 1.55. The summed E-state index contributed by atoms with van der Waals surface area (Å²) in [5.74, 6) is 1.19. The number of benzene rings is 2. The largest absolute Gasteiger partial charge is 0.508 e. The number of hydrogen-bond acceptors (Lipinski definition) is 5. The summed E-state index contributed by atoms with van der Waals surface area (Å²) in [6, 6.07) is 17.1. The molecule has 2 aromatic rings. The number of ether oxygens (including phenoxy) is 1. The molecule has 204 valence electrons. The molecule has 0 bridgehead atoms. The van der Waals surface area contributed by atoms with Gasteiger partial charge in [0.05, 0.1) is 0 Å². The molecule has 1 saturated heterocycles. The zero-order chi connectivity index (χ0) is 26.9. The molecule has 4 atom stereocenters. The molecule has 0 spiro atoms. The van der Waals surface area contributed by atoms with E-state index >= 15 is 0 Å². The second-order valence-electron chi connectivity index (χ2n) is 12.2. The highest BCUT2D eigenvalue weighted by Gasteiger charge is 2.55. The Labute approximate surface area is 227 Å². The molecule has 0 aromatic heterocycles. The molecular formula is C32H42N2O4. The summed E-state index contributed by atoms with van der Waals surface area (Å²) in [5.41, 5.74) is 1.48. The monoisotopic (exact) mass is 518 g/mol. The lowest BCUT2D eigenvalue weighted by Crippen LogP contribution is -2.62. The molecule has 3 aliphatic rings. The molecule has 2 aromatic carbocycles. The summed E-state index contributed by atoms with van der Waals surface area (Å²) < 4.78 is 6.11. The Hall–Kier alpha value is -2.86. The quantitative estimate of drug-likeness (QED) is 0.483. The second-order valence-corrected chi connectivity index (χ2v) is 12.2. The van der Waals surface area contributed by atoms with Crippen LogP contribution >= 0.6 is 0 Å². The fourth-order valence-corrected chi connectivity index (χ4v) is 6.99. The Kier molecular flexibility index (Phi) is 7.80. The molecule has 1 amide bonds. The van der Waals surface area contributed by atoms with Crippen LogP contribution in [0, 0.1) is 17.8 Å². The molecular weight excluding hydrogens is 476 g/mol. The van der Waals surface area contributed by atoms with E-state index in [0.29, 0.717) is 24.4 Å². The van der Waals surface area contributed by atoms with Gasteiger partial charge in [0.25, 0.3) is 5.91 Å². The third kappa shape index (κ3) is 5.75. The second kappa shape index (κ2) is 11.1. The summed E-state index contributed by atoms with van der Waals surface area (Å²) in [6.45, 7) is 9.36. The minimum absolute atomic E-state index is 0.0292. The van der Waals surface area contributed by atoms with Crippen LogP contribution in [0.5, 0.6) is 5.75 Å². The van der Waals surface area contributed by atoms with Crippen molar-refractivity contribution in [1.29, 1.82) is 0 Å². The van der Waals surface area contributed by atoms with Gasteiger partial charge in [0, 0.05) is 55.9 Å². The molecule has 1 unspecified atom stereocenters. The number of phenolic OH excluding ortho intramolecular Hbond substituents is 1. The first-order valence-corrected chi connectivity index (χ1v) is 14.3. The van der Waals surface area contributed by atoms with E-state index in [1.165, 1.54) is 19.8 Å². The van der Waals surface area contributed by atoms with E-state index in [2.05, 4.69) is 24.8 Å². The standard InChI is InChI=1S/C32H42N2O4/c1-22(2)19-34(31(37)25-8-5-4-6-9-25)27-17-30(38-23(3)35)29-21-33(20-24-12-13-24)15-14-32(29,18-27)26-10-7-11-28(36)16-26/h4-11,16,22,24,27,29-30,36H,12-15,17-21H2,1-3H3/t27-,29-,30?,32-/m0/s1. The molecule has 6 nitrogen and oxygen atoms in total. The Bertz CT molecular complexity index is 1130. The van der Waals surface area contributed by atoms with Crippen molar-refractivity contribution in [3.8, 4) is 5.75 Å². The Morgan fingerprint density at radius 2 is 1.89 bits per heavy atom. The lowest BCUT2D eigenvalue weighted by atomic mass is 9.56. The van der Waals surface area contributed by atoms with Gasteiger partial charge in [0.15, 0.2) is 0 Å². The predicted molar refractivity (Wildman–Crippen MR) is 148 cm³/mol. The number of fused-ring (bicyclic) bond motifs is 1. The van der Waals surface area contributed by atoms with Gasteiger partial charge in [-0.15, -0.1) is 0 Å². The number of likely N-dealkylation sites (tertiary alicyclic amines) is 1. The van der Waals surface area contributed by atoms with Crippen molar-refractivity contribution in [3.63, 3.8) is 0 Å². The van der Waals surface area contributed by atoms with Gasteiger partial charge in [-0.2, -0.15) is 0 Å². The molecule has 0 radical (unpaired) electrons. The van der Waals surface area contributed by atoms with Crippen molar-refractivity contribution in [2.75, 3.05) is 26.2 Å². The molecule has 1 N–H and O–H groups in total. The molecule has 1 aliphatic heterocycles. The number of rotatable bonds is 8. The van der Waals surface area contributed by atoms with E-state index in [-0.39, 0.29) is 41.1 Å². The molecule has 2 aliphatic carbocycles. The maximum Gasteiger partial charge on any atom is 0.302 e. The molecule has 1 heterocycles. The van der Waals surface area contributed by atoms with Crippen LogP contribution in [0.2, 0.25) is 0 Å². The van der Waals surface area contributed by atoms with Gasteiger partial charge in [-0.3, -0.25) is 9.59 Å². The topological polar surface area (TPSA) is 70.1 Å². The van der Waals surface area contributed by atoms with E-state index in [1.807, 2.05) is 47.4 Å². The third-order valence-corrected chi connectivity index (χ3v) is 8.83. The van der Waals surface area contributed by atoms with Crippen molar-refractivity contribution in [2.45, 2.75) is 70.4 Å². The summed E-state index contributed by atoms with van der Waals surface area (Å²) in [5, 5.41) is 10.5. The first-order valence-electron chi connectivity index (χ1n) is 14.3. The van der Waals surface area contributed by atoms with Crippen molar-refractivity contribution in [2.24, 2.45) is 17.8 Å². The van der Waals surface area contributed by atoms with Gasteiger partial charge in [-0.1, -0.05) is 44.2 Å². The number of carbonyl (C=O) groups is 2. The van der Waals surface area contributed by atoms with Crippen LogP contribution in [0.1, 0.15) is 68.8 Å². The first-order chi connectivity index (χ1) is 18.2. The van der Waals surface area contributed by atoms with E-state index in [9.17, 15) is 14.7 Å². The van der Waals surface area contributed by atoms with Crippen LogP contribution in [0.25, 0.3) is 0 Å². The van der Waals surface area contributed by atoms with E-state index in [1.54, 1.807) is 6.07 Å². The van der Waals surface area contributed by atoms with Crippen LogP contribution in [-0.2, 0) is 14.9 Å². The van der Waals surface area contributed by atoms with Gasteiger partial charge in [0.1, 0.15) is 11.9 Å². The highest BCUT2D eigenvalue weighted by molar-refractivity contribution is 5.94. The number of carbonyl (C=O) groups excluding carboxylic acids is 2. The fourth-order valence-electron chi connectivity index (χ4n) is 6.99. The van der Waals surface area contributed by atoms with Gasteiger partial charge in [-0.05, 0) is 73.9 Å². The van der Waals surface area contributed by atoms with Crippen LogP contribution in [-0.4, -0.2) is 65.1 Å². The minimum atomic E-state index is -0.298. The van der Waals surface area contributed by atoms with Crippen molar-refractivity contribution < 1.29 is 19.4 Å². The van der Waals surface area contributed by atoms with Crippen LogP contribution in [0.3, 0.4) is 0 Å². The smallest absolute Gasteiger partial charge is 0.302 e. The summed E-state index contributed by atoms with van der Waals surface area (Å²) in [4.78, 5) is 30.9. The molecule has 5 rings (SSSR count). The number of esters is 1. The number of aromatic hydroxyl groups is 1. The summed E-state index contributed by atoms with van der Waals surface area (Å²) in [7, 11) is 0. The number of piperidine rings is 1. The summed E-state index contributed by atoms with van der Waals surface area (Å²) in [6.07, 6.45) is 4.65. The van der Waals surface area contributed by atoms with Crippen molar-refractivity contribution >= 4 is 11.9 Å². The Morgan fingerprint density at radius 1 is 1.13 bits per heavy atom. The van der Waals surface area contributed by atoms with Gasteiger partial charge in [0.2, 0.25) is 0 Å². The Morgan fingerprint density at radius 3 is 2.55 bits per heavy atom. The highest BCUT2D eigenvalue weighted by Crippen LogP contribution is 2.52. The zero-order valence-electron chi connectivity index (χ0n) is 23.0. The van der Waals surface area contributed by atoms with Crippen molar-refractivity contribution in [1.82, 2.24) is 9.80 Å². The van der Waals surface area contributed by atoms with Crippen LogP contribution < -0.4 is 0 Å². The van der Waals surface area contributed by atoms with E-state index in [4.69, 9.17) is 4.74 Å². The van der Waals surface area contributed by atoms with Gasteiger partial charge < -0.3 is 19.6 Å². The number of hydrogen-bond donors (Lipinski definition) is 1. The maximum atomic E-state index is 13.9. The molecule has 38 heavy (non-hydrogen) atoms. The lowest BCUT2D eigenvalue weighted by Gasteiger charge is -2.57. The van der Waals surface area contributed by atoms with Gasteiger partial charge >= 0.3 is 5.97 Å². The van der Waals surface area contributed by atoms with Gasteiger partial charge in [-0.25, -0.2) is 0 Å². The SMILES string of the molecule is CC(=O)OC1C[C@H](N(CC(C)C)C(=O)c2ccccc2)C[C@]2(c3cccc(O)c3)CCN(CC3CC3)C[C@@H]12. The minimum Gasteiger partial charge on any atom is -0.508 e. The molecule has 2 saturated carbocycles.